The van der Waals surface area contributed by atoms with E-state index in [9.17, 15) is 9.59 Å². The number of piperidine rings is 1. The molecule has 1 atom stereocenters. The molecule has 0 radical (unpaired) electrons. The lowest BCUT2D eigenvalue weighted by Crippen LogP contribution is -2.43. The molecule has 0 unspecified atom stereocenters. The fourth-order valence-corrected chi connectivity index (χ4v) is 3.16. The molecule has 0 saturated carbocycles. The van der Waals surface area contributed by atoms with Crippen LogP contribution in [-0.4, -0.2) is 46.8 Å². The third-order valence-corrected chi connectivity index (χ3v) is 4.42. The molecule has 2 saturated heterocycles. The molecule has 2 amide bonds. The molecular weight excluding hydrogens is 284 g/mol. The summed E-state index contributed by atoms with van der Waals surface area (Å²) in [5.74, 6) is -0.170. The number of rotatable bonds is 2. The third-order valence-electron chi connectivity index (χ3n) is 4.42. The Morgan fingerprint density at radius 2 is 1.77 bits per heavy atom. The molecule has 0 aromatic heterocycles. The van der Waals surface area contributed by atoms with Crippen LogP contribution in [0.5, 0.6) is 0 Å². The first kappa shape index (κ1) is 14.8. The summed E-state index contributed by atoms with van der Waals surface area (Å²) in [7, 11) is 0. The summed E-state index contributed by atoms with van der Waals surface area (Å²) in [4.78, 5) is 30.6. The molecule has 0 aliphatic carbocycles. The zero-order valence-corrected chi connectivity index (χ0v) is 12.4. The molecule has 118 valence electrons. The van der Waals surface area contributed by atoms with Crippen LogP contribution in [0.15, 0.2) is 30.3 Å². The quantitative estimate of drug-likeness (QED) is 0.910. The average molecular weight is 304 g/mol. The standard InChI is InChI=1S/C16H20N2O4/c19-15(13-6-9-17(10-7-13)16(20)21)18-14(8-11-22-18)12-4-2-1-3-5-12/h1-5,13-14H,6-11H2,(H,20,21)/t14-/m0/s1. The Kier molecular flexibility index (Phi) is 4.29. The molecule has 1 aromatic carbocycles. The summed E-state index contributed by atoms with van der Waals surface area (Å²) < 4.78 is 0. The van der Waals surface area contributed by atoms with Gasteiger partial charge in [0.05, 0.1) is 12.6 Å². The van der Waals surface area contributed by atoms with Gasteiger partial charge in [-0.1, -0.05) is 30.3 Å². The van der Waals surface area contributed by atoms with Crippen molar-refractivity contribution in [1.29, 1.82) is 0 Å². The Bertz CT molecular complexity index is 540. The van der Waals surface area contributed by atoms with Crippen LogP contribution in [0.2, 0.25) is 0 Å². The second-order valence-corrected chi connectivity index (χ2v) is 5.76. The largest absolute Gasteiger partial charge is 0.465 e. The number of hydrogen-bond donors (Lipinski definition) is 1. The van der Waals surface area contributed by atoms with Gasteiger partial charge >= 0.3 is 6.09 Å². The van der Waals surface area contributed by atoms with Crippen LogP contribution >= 0.6 is 0 Å². The fraction of sp³-hybridized carbons (Fsp3) is 0.500. The third kappa shape index (κ3) is 2.92. The predicted molar refractivity (Wildman–Crippen MR) is 78.9 cm³/mol. The van der Waals surface area contributed by atoms with Crippen LogP contribution in [0.25, 0.3) is 0 Å². The van der Waals surface area contributed by atoms with Crippen molar-refractivity contribution in [2.24, 2.45) is 5.92 Å². The zero-order chi connectivity index (χ0) is 15.5. The number of carbonyl (C=O) groups excluding carboxylic acids is 1. The van der Waals surface area contributed by atoms with E-state index in [4.69, 9.17) is 9.94 Å². The van der Waals surface area contributed by atoms with Crippen molar-refractivity contribution in [3.05, 3.63) is 35.9 Å². The Morgan fingerprint density at radius 3 is 2.41 bits per heavy atom. The number of hydroxylamine groups is 2. The van der Waals surface area contributed by atoms with Gasteiger partial charge in [0.2, 0.25) is 5.91 Å². The van der Waals surface area contributed by atoms with E-state index in [-0.39, 0.29) is 17.9 Å². The summed E-state index contributed by atoms with van der Waals surface area (Å²) in [6.07, 6.45) is 1.01. The van der Waals surface area contributed by atoms with Crippen molar-refractivity contribution in [3.8, 4) is 0 Å². The molecule has 2 aliphatic heterocycles. The predicted octanol–water partition coefficient (Wildman–Crippen LogP) is 2.28. The number of amides is 2. The van der Waals surface area contributed by atoms with E-state index in [1.165, 1.54) is 9.96 Å². The van der Waals surface area contributed by atoms with Crippen LogP contribution in [-0.2, 0) is 9.63 Å². The van der Waals surface area contributed by atoms with Crippen molar-refractivity contribution in [3.63, 3.8) is 0 Å². The van der Waals surface area contributed by atoms with Gasteiger partial charge in [-0.05, 0) is 18.4 Å². The minimum absolute atomic E-state index is 0.0172. The lowest BCUT2D eigenvalue weighted by atomic mass is 9.95. The second-order valence-electron chi connectivity index (χ2n) is 5.76. The highest BCUT2D eigenvalue weighted by molar-refractivity contribution is 5.79. The second kappa shape index (κ2) is 6.36. The van der Waals surface area contributed by atoms with Crippen molar-refractivity contribution in [1.82, 2.24) is 9.96 Å². The molecule has 2 heterocycles. The van der Waals surface area contributed by atoms with Crippen molar-refractivity contribution in [2.45, 2.75) is 25.3 Å². The van der Waals surface area contributed by atoms with Crippen molar-refractivity contribution < 1.29 is 19.5 Å². The SMILES string of the molecule is O=C(O)N1CCC(C(=O)N2OCC[C@H]2c2ccccc2)CC1. The monoisotopic (exact) mass is 304 g/mol. The topological polar surface area (TPSA) is 70.1 Å². The molecular formula is C16H20N2O4. The van der Waals surface area contributed by atoms with E-state index in [1.807, 2.05) is 30.3 Å². The van der Waals surface area contributed by atoms with Gasteiger partial charge in [-0.15, -0.1) is 0 Å². The number of benzene rings is 1. The van der Waals surface area contributed by atoms with Gasteiger partial charge in [-0.3, -0.25) is 9.63 Å². The van der Waals surface area contributed by atoms with E-state index in [1.54, 1.807) is 0 Å². The number of likely N-dealkylation sites (tertiary alicyclic amines) is 1. The normalized spacial score (nSPS) is 22.8. The molecule has 6 nitrogen and oxygen atoms in total. The molecule has 22 heavy (non-hydrogen) atoms. The van der Waals surface area contributed by atoms with Crippen molar-refractivity contribution >= 4 is 12.0 Å². The maximum atomic E-state index is 12.7. The smallest absolute Gasteiger partial charge is 0.407 e. The van der Waals surface area contributed by atoms with Crippen LogP contribution in [0.3, 0.4) is 0 Å². The van der Waals surface area contributed by atoms with Crippen LogP contribution < -0.4 is 0 Å². The summed E-state index contributed by atoms with van der Waals surface area (Å²) in [5.41, 5.74) is 1.08. The number of carbonyl (C=O) groups is 2. The maximum Gasteiger partial charge on any atom is 0.407 e. The number of hydrogen-bond acceptors (Lipinski definition) is 3. The fourth-order valence-electron chi connectivity index (χ4n) is 3.16. The minimum Gasteiger partial charge on any atom is -0.465 e. The van der Waals surface area contributed by atoms with Crippen LogP contribution in [0.4, 0.5) is 4.79 Å². The van der Waals surface area contributed by atoms with Gasteiger partial charge in [0.25, 0.3) is 0 Å². The Hall–Kier alpha value is -2.08. The molecule has 0 spiro atoms. The van der Waals surface area contributed by atoms with Gasteiger partial charge in [-0.2, -0.15) is 0 Å². The highest BCUT2D eigenvalue weighted by Crippen LogP contribution is 2.33. The van der Waals surface area contributed by atoms with Gasteiger partial charge in [0, 0.05) is 25.4 Å². The van der Waals surface area contributed by atoms with Gasteiger partial charge in [-0.25, -0.2) is 9.86 Å². The Labute approximate surface area is 129 Å². The van der Waals surface area contributed by atoms with E-state index < -0.39 is 6.09 Å². The van der Waals surface area contributed by atoms with Gasteiger partial charge < -0.3 is 10.0 Å². The van der Waals surface area contributed by atoms with Gasteiger partial charge in [0.15, 0.2) is 0 Å². The van der Waals surface area contributed by atoms with E-state index in [2.05, 4.69) is 0 Å². The van der Waals surface area contributed by atoms with Crippen LogP contribution in [0, 0.1) is 5.92 Å². The molecule has 2 aliphatic rings. The van der Waals surface area contributed by atoms with Gasteiger partial charge in [0.1, 0.15) is 0 Å². The highest BCUT2D eigenvalue weighted by atomic mass is 16.7. The molecule has 0 bridgehead atoms. The lowest BCUT2D eigenvalue weighted by molar-refractivity contribution is -0.183. The molecule has 1 N–H and O–H groups in total. The molecule has 6 heteroatoms. The van der Waals surface area contributed by atoms with E-state index >= 15 is 0 Å². The molecule has 3 rings (SSSR count). The maximum absolute atomic E-state index is 12.7. The zero-order valence-electron chi connectivity index (χ0n) is 12.4. The first-order valence-electron chi connectivity index (χ1n) is 7.65. The molecule has 2 fully saturated rings. The number of carboxylic acid groups (broad SMARTS) is 1. The van der Waals surface area contributed by atoms with Crippen LogP contribution in [0.1, 0.15) is 30.9 Å². The Morgan fingerprint density at radius 1 is 1.09 bits per heavy atom. The average Bonchev–Trinajstić information content (AvgIpc) is 3.04. The highest BCUT2D eigenvalue weighted by Gasteiger charge is 2.37. The minimum atomic E-state index is -0.912. The molecule has 1 aromatic rings. The lowest BCUT2D eigenvalue weighted by Gasteiger charge is -2.32. The summed E-state index contributed by atoms with van der Waals surface area (Å²) in [6, 6.07) is 9.85. The summed E-state index contributed by atoms with van der Waals surface area (Å²) >= 11 is 0. The van der Waals surface area contributed by atoms with E-state index in [0.29, 0.717) is 32.5 Å². The first-order chi connectivity index (χ1) is 10.7. The summed E-state index contributed by atoms with van der Waals surface area (Å²) in [5, 5.41) is 10.5. The van der Waals surface area contributed by atoms with Crippen molar-refractivity contribution in [2.75, 3.05) is 19.7 Å². The number of nitrogens with zero attached hydrogens (tertiary/aromatic N) is 2. The summed E-state index contributed by atoms with van der Waals surface area (Å²) in [6.45, 7) is 1.37. The first-order valence-corrected chi connectivity index (χ1v) is 7.65. The van der Waals surface area contributed by atoms with E-state index in [0.717, 1.165) is 12.0 Å². The Balaban J connectivity index is 1.66.